The molecule has 0 amide bonds. The molecule has 1 fully saturated rings. The first kappa shape index (κ1) is 22.6. The molecule has 7 nitrogen and oxygen atoms in total. The van der Waals surface area contributed by atoms with Gasteiger partial charge in [-0.15, -0.1) is 0 Å². The molecule has 166 valence electrons. The molecular formula is C23H38N6O. The number of nitrogens with zero attached hydrogens (tertiary/aromatic N) is 4. The monoisotopic (exact) mass is 414 g/mol. The number of aromatic nitrogens is 2. The third-order valence-electron chi connectivity index (χ3n) is 6.19. The van der Waals surface area contributed by atoms with Crippen molar-refractivity contribution in [2.45, 2.75) is 46.2 Å². The van der Waals surface area contributed by atoms with Gasteiger partial charge in [0.1, 0.15) is 12.4 Å². The summed E-state index contributed by atoms with van der Waals surface area (Å²) >= 11 is 0. The van der Waals surface area contributed by atoms with Gasteiger partial charge in [-0.2, -0.15) is 0 Å². The molecule has 1 aliphatic rings. The van der Waals surface area contributed by atoms with Crippen LogP contribution in [0, 0.1) is 5.92 Å². The van der Waals surface area contributed by atoms with Gasteiger partial charge in [-0.3, -0.25) is 4.90 Å². The van der Waals surface area contributed by atoms with E-state index in [4.69, 9.17) is 14.7 Å². The van der Waals surface area contributed by atoms with E-state index in [1.54, 1.807) is 0 Å². The van der Waals surface area contributed by atoms with Crippen LogP contribution in [0.25, 0.3) is 11.0 Å². The molecule has 0 aliphatic carbocycles. The van der Waals surface area contributed by atoms with Crippen LogP contribution in [0.2, 0.25) is 0 Å². The van der Waals surface area contributed by atoms with Crippen LogP contribution in [-0.4, -0.2) is 65.8 Å². The Morgan fingerprint density at radius 3 is 2.53 bits per heavy atom. The third kappa shape index (κ3) is 5.52. The minimum Gasteiger partial charge on any atom is -0.379 e. The number of benzene rings is 1. The fourth-order valence-corrected chi connectivity index (χ4v) is 4.37. The van der Waals surface area contributed by atoms with Gasteiger partial charge in [0.2, 0.25) is 0 Å². The van der Waals surface area contributed by atoms with Crippen molar-refractivity contribution >= 4 is 17.0 Å². The largest absolute Gasteiger partial charge is 0.379 e. The summed E-state index contributed by atoms with van der Waals surface area (Å²) < 4.78 is 7.71. The number of hydrogen-bond donors (Lipinski definition) is 2. The highest BCUT2D eigenvalue weighted by Gasteiger charge is 2.27. The van der Waals surface area contributed by atoms with Gasteiger partial charge in [0.15, 0.2) is 5.96 Å². The van der Waals surface area contributed by atoms with E-state index in [1.807, 2.05) is 12.1 Å². The Bertz CT molecular complexity index is 807. The summed E-state index contributed by atoms with van der Waals surface area (Å²) in [7, 11) is 2.06. The minimum absolute atomic E-state index is 0.489. The molecule has 7 heteroatoms. The number of nitrogens with one attached hydrogen (secondary N) is 2. The Morgan fingerprint density at radius 2 is 1.87 bits per heavy atom. The van der Waals surface area contributed by atoms with Gasteiger partial charge >= 0.3 is 0 Å². The molecule has 1 aromatic heterocycles. The fraction of sp³-hybridized carbons (Fsp3) is 0.652. The highest BCUT2D eigenvalue weighted by atomic mass is 16.5. The van der Waals surface area contributed by atoms with Crippen molar-refractivity contribution in [2.24, 2.45) is 18.0 Å². The van der Waals surface area contributed by atoms with E-state index in [0.29, 0.717) is 18.5 Å². The quantitative estimate of drug-likeness (QED) is 0.488. The second kappa shape index (κ2) is 11.3. The first-order chi connectivity index (χ1) is 14.7. The molecular weight excluding hydrogens is 376 g/mol. The van der Waals surface area contributed by atoms with Crippen molar-refractivity contribution in [1.82, 2.24) is 25.1 Å². The number of guanidine groups is 1. The van der Waals surface area contributed by atoms with Crippen LogP contribution in [-0.2, 0) is 18.3 Å². The summed E-state index contributed by atoms with van der Waals surface area (Å²) in [6.45, 7) is 12.7. The minimum atomic E-state index is 0.489. The zero-order valence-corrected chi connectivity index (χ0v) is 19.0. The number of morpholine rings is 1. The van der Waals surface area contributed by atoms with Gasteiger partial charge in [-0.25, -0.2) is 9.98 Å². The van der Waals surface area contributed by atoms with Crippen LogP contribution < -0.4 is 10.6 Å². The molecule has 0 saturated carbocycles. The molecule has 0 radical (unpaired) electrons. The number of fused-ring (bicyclic) bond motifs is 1. The maximum Gasteiger partial charge on any atom is 0.191 e. The summed E-state index contributed by atoms with van der Waals surface area (Å²) in [6.07, 6.45) is 2.38. The third-order valence-corrected chi connectivity index (χ3v) is 6.19. The lowest BCUT2D eigenvalue weighted by Crippen LogP contribution is -2.53. The predicted molar refractivity (Wildman–Crippen MR) is 124 cm³/mol. The molecule has 2 heterocycles. The molecule has 0 spiro atoms. The average Bonchev–Trinajstić information content (AvgIpc) is 3.11. The number of para-hydroxylation sites is 2. The molecule has 1 unspecified atom stereocenters. The van der Waals surface area contributed by atoms with E-state index in [1.165, 1.54) is 12.8 Å². The van der Waals surface area contributed by atoms with E-state index in [2.05, 4.69) is 60.1 Å². The Labute approximate surface area is 180 Å². The number of imidazole rings is 1. The summed E-state index contributed by atoms with van der Waals surface area (Å²) in [5, 5.41) is 7.01. The molecule has 30 heavy (non-hydrogen) atoms. The highest BCUT2D eigenvalue weighted by Crippen LogP contribution is 2.19. The molecule has 0 bridgehead atoms. The molecule has 2 aromatic rings. The number of ether oxygens (including phenoxy) is 1. The van der Waals surface area contributed by atoms with Crippen LogP contribution in [0.15, 0.2) is 29.3 Å². The standard InChI is InChI=1S/C23H38N6O/c1-5-18(6-2)21(29-12-14-30-15-13-29)16-25-23(24-7-3)26-17-22-27-19-10-8-9-11-20(19)28(22)4/h8-11,18,21H,5-7,12-17H2,1-4H3,(H2,24,25,26). The van der Waals surface area contributed by atoms with Crippen LogP contribution in [0.4, 0.5) is 0 Å². The van der Waals surface area contributed by atoms with Gasteiger partial charge in [-0.1, -0.05) is 38.8 Å². The van der Waals surface area contributed by atoms with E-state index >= 15 is 0 Å². The van der Waals surface area contributed by atoms with E-state index in [9.17, 15) is 0 Å². The van der Waals surface area contributed by atoms with Gasteiger partial charge in [-0.05, 0) is 25.0 Å². The van der Waals surface area contributed by atoms with Crippen LogP contribution >= 0.6 is 0 Å². The molecule has 1 atom stereocenters. The Morgan fingerprint density at radius 1 is 1.13 bits per heavy atom. The normalized spacial score (nSPS) is 16.9. The van der Waals surface area contributed by atoms with E-state index < -0.39 is 0 Å². The second-order valence-electron chi connectivity index (χ2n) is 7.94. The van der Waals surface area contributed by atoms with Crippen molar-refractivity contribution in [3.8, 4) is 0 Å². The molecule has 1 aliphatic heterocycles. The highest BCUT2D eigenvalue weighted by molar-refractivity contribution is 5.80. The number of rotatable bonds is 9. The number of hydrogen-bond acceptors (Lipinski definition) is 4. The maximum atomic E-state index is 5.58. The van der Waals surface area contributed by atoms with Gasteiger partial charge in [0.05, 0.1) is 24.2 Å². The van der Waals surface area contributed by atoms with Gasteiger partial charge in [0.25, 0.3) is 0 Å². The van der Waals surface area contributed by atoms with Gasteiger partial charge < -0.3 is 19.9 Å². The molecule has 1 saturated heterocycles. The summed E-state index contributed by atoms with van der Waals surface area (Å²) in [4.78, 5) is 12.2. The van der Waals surface area contributed by atoms with Crippen molar-refractivity contribution < 1.29 is 4.74 Å². The van der Waals surface area contributed by atoms with Crippen LogP contribution in [0.1, 0.15) is 39.4 Å². The molecule has 2 N–H and O–H groups in total. The van der Waals surface area contributed by atoms with Crippen molar-refractivity contribution in [3.05, 3.63) is 30.1 Å². The predicted octanol–water partition coefficient (Wildman–Crippen LogP) is 2.77. The average molecular weight is 415 g/mol. The topological polar surface area (TPSA) is 66.7 Å². The first-order valence-electron chi connectivity index (χ1n) is 11.4. The number of aryl methyl sites for hydroxylation is 1. The summed E-state index contributed by atoms with van der Waals surface area (Å²) in [6, 6.07) is 8.71. The van der Waals surface area contributed by atoms with Crippen molar-refractivity contribution in [2.75, 3.05) is 39.4 Å². The zero-order chi connectivity index (χ0) is 21.3. The lowest BCUT2D eigenvalue weighted by atomic mass is 9.92. The van der Waals surface area contributed by atoms with E-state index in [0.717, 1.165) is 62.2 Å². The van der Waals surface area contributed by atoms with Gasteiger partial charge in [0, 0.05) is 39.3 Å². The smallest absolute Gasteiger partial charge is 0.191 e. The van der Waals surface area contributed by atoms with Crippen molar-refractivity contribution in [1.29, 1.82) is 0 Å². The number of aliphatic imine (C=N–C) groups is 1. The summed E-state index contributed by atoms with van der Waals surface area (Å²) in [5.41, 5.74) is 2.16. The SMILES string of the molecule is CCNC(=NCc1nc2ccccc2n1C)NCC(C(CC)CC)N1CCOCC1. The molecule has 3 rings (SSSR count). The lowest BCUT2D eigenvalue weighted by Gasteiger charge is -2.39. The Kier molecular flexibility index (Phi) is 8.51. The van der Waals surface area contributed by atoms with Crippen molar-refractivity contribution in [3.63, 3.8) is 0 Å². The Hall–Kier alpha value is -2.12. The zero-order valence-electron chi connectivity index (χ0n) is 19.0. The first-order valence-corrected chi connectivity index (χ1v) is 11.4. The van der Waals surface area contributed by atoms with Crippen LogP contribution in [0.3, 0.4) is 0 Å². The lowest BCUT2D eigenvalue weighted by molar-refractivity contribution is 0.00272. The van der Waals surface area contributed by atoms with Crippen LogP contribution in [0.5, 0.6) is 0 Å². The summed E-state index contributed by atoms with van der Waals surface area (Å²) in [5.74, 6) is 2.49. The maximum absolute atomic E-state index is 5.58. The Balaban J connectivity index is 1.69. The van der Waals surface area contributed by atoms with E-state index in [-0.39, 0.29) is 0 Å². The fourth-order valence-electron chi connectivity index (χ4n) is 4.37. The second-order valence-corrected chi connectivity index (χ2v) is 7.94. The molecule has 1 aromatic carbocycles.